The second-order valence-corrected chi connectivity index (χ2v) is 6.67. The Morgan fingerprint density at radius 3 is 2.55 bits per heavy atom. The SMILES string of the molecule is CC(C)(C)OC(=O)N1Cc2nc(-c3ccc(Cl)cc3)oc2C1. The third-order valence-electron chi connectivity index (χ3n) is 3.20. The minimum atomic E-state index is -0.511. The summed E-state index contributed by atoms with van der Waals surface area (Å²) in [4.78, 5) is 18.1. The number of rotatable bonds is 1. The molecule has 0 bridgehead atoms. The largest absolute Gasteiger partial charge is 0.444 e. The van der Waals surface area contributed by atoms with Gasteiger partial charge in [0.15, 0.2) is 0 Å². The number of hydrogen-bond donors (Lipinski definition) is 0. The van der Waals surface area contributed by atoms with Crippen LogP contribution in [0.2, 0.25) is 5.02 Å². The number of halogens is 1. The van der Waals surface area contributed by atoms with Crippen LogP contribution in [-0.2, 0) is 17.8 Å². The van der Waals surface area contributed by atoms with Gasteiger partial charge in [0.25, 0.3) is 0 Å². The summed E-state index contributed by atoms with van der Waals surface area (Å²) in [7, 11) is 0. The normalized spacial score (nSPS) is 14.1. The number of ether oxygens (including phenoxy) is 1. The fourth-order valence-corrected chi connectivity index (χ4v) is 2.34. The topological polar surface area (TPSA) is 55.6 Å². The molecule has 2 aromatic rings. The van der Waals surface area contributed by atoms with E-state index in [0.717, 1.165) is 11.3 Å². The second-order valence-electron chi connectivity index (χ2n) is 6.23. The first kappa shape index (κ1) is 14.9. The molecule has 0 N–H and O–H groups in total. The van der Waals surface area contributed by atoms with E-state index in [4.69, 9.17) is 20.8 Å². The predicted octanol–water partition coefficient (Wildman–Crippen LogP) is 4.25. The van der Waals surface area contributed by atoms with E-state index in [0.29, 0.717) is 29.8 Å². The summed E-state index contributed by atoms with van der Waals surface area (Å²) in [5, 5.41) is 0.666. The lowest BCUT2D eigenvalue weighted by Gasteiger charge is -2.23. The van der Waals surface area contributed by atoms with Crippen molar-refractivity contribution < 1.29 is 13.9 Å². The molecule has 6 heteroatoms. The lowest BCUT2D eigenvalue weighted by Crippen LogP contribution is -2.33. The monoisotopic (exact) mass is 320 g/mol. The van der Waals surface area contributed by atoms with Crippen molar-refractivity contribution in [3.8, 4) is 11.5 Å². The zero-order valence-corrected chi connectivity index (χ0v) is 13.5. The van der Waals surface area contributed by atoms with Gasteiger partial charge < -0.3 is 9.15 Å². The van der Waals surface area contributed by atoms with E-state index in [2.05, 4.69) is 4.98 Å². The Kier molecular flexibility index (Phi) is 3.60. The predicted molar refractivity (Wildman–Crippen MR) is 82.4 cm³/mol. The number of hydrogen-bond acceptors (Lipinski definition) is 4. The molecule has 2 heterocycles. The van der Waals surface area contributed by atoms with Crippen molar-refractivity contribution in [2.45, 2.75) is 39.5 Å². The van der Waals surface area contributed by atoms with E-state index in [1.54, 1.807) is 17.0 Å². The smallest absolute Gasteiger partial charge is 0.411 e. The summed E-state index contributed by atoms with van der Waals surface area (Å²) in [6.07, 6.45) is -0.353. The molecular weight excluding hydrogens is 304 g/mol. The number of nitrogens with zero attached hydrogens (tertiary/aromatic N) is 2. The maximum Gasteiger partial charge on any atom is 0.411 e. The minimum absolute atomic E-state index is 0.353. The summed E-state index contributed by atoms with van der Waals surface area (Å²) < 4.78 is 11.1. The molecule has 3 rings (SSSR count). The van der Waals surface area contributed by atoms with E-state index in [9.17, 15) is 4.79 Å². The Morgan fingerprint density at radius 2 is 1.95 bits per heavy atom. The Balaban J connectivity index is 1.73. The summed E-state index contributed by atoms with van der Waals surface area (Å²) in [5.41, 5.74) is 1.13. The highest BCUT2D eigenvalue weighted by Crippen LogP contribution is 2.29. The van der Waals surface area contributed by atoms with Gasteiger partial charge in [-0.05, 0) is 45.0 Å². The van der Waals surface area contributed by atoms with Gasteiger partial charge >= 0.3 is 6.09 Å². The molecule has 1 aromatic carbocycles. The Hall–Kier alpha value is -2.01. The number of benzene rings is 1. The Morgan fingerprint density at radius 1 is 1.27 bits per heavy atom. The average molecular weight is 321 g/mol. The van der Waals surface area contributed by atoms with Crippen molar-refractivity contribution in [3.05, 3.63) is 40.7 Å². The molecule has 0 fully saturated rings. The van der Waals surface area contributed by atoms with E-state index < -0.39 is 5.60 Å². The molecule has 1 aliphatic heterocycles. The second kappa shape index (κ2) is 5.32. The summed E-state index contributed by atoms with van der Waals surface area (Å²) in [5.74, 6) is 1.25. The van der Waals surface area contributed by atoms with Crippen LogP contribution in [0.1, 0.15) is 32.2 Å². The van der Waals surface area contributed by atoms with Gasteiger partial charge in [0, 0.05) is 10.6 Å². The van der Waals surface area contributed by atoms with Crippen LogP contribution in [0.4, 0.5) is 4.79 Å². The van der Waals surface area contributed by atoms with Gasteiger partial charge in [0.05, 0.1) is 13.1 Å². The van der Waals surface area contributed by atoms with Gasteiger partial charge in [0.1, 0.15) is 17.1 Å². The van der Waals surface area contributed by atoms with Gasteiger partial charge in [-0.15, -0.1) is 0 Å². The molecule has 1 aromatic heterocycles. The van der Waals surface area contributed by atoms with Gasteiger partial charge in [-0.3, -0.25) is 4.90 Å². The van der Waals surface area contributed by atoms with Crippen molar-refractivity contribution in [1.29, 1.82) is 0 Å². The molecular formula is C16H17ClN2O3. The van der Waals surface area contributed by atoms with E-state index in [-0.39, 0.29) is 6.09 Å². The molecule has 1 aliphatic rings. The van der Waals surface area contributed by atoms with Crippen LogP contribution < -0.4 is 0 Å². The van der Waals surface area contributed by atoms with E-state index in [1.807, 2.05) is 32.9 Å². The van der Waals surface area contributed by atoms with Crippen molar-refractivity contribution >= 4 is 17.7 Å². The van der Waals surface area contributed by atoms with Crippen LogP contribution in [-0.4, -0.2) is 21.6 Å². The highest BCUT2D eigenvalue weighted by molar-refractivity contribution is 6.30. The lowest BCUT2D eigenvalue weighted by atomic mass is 10.2. The zero-order chi connectivity index (χ0) is 15.9. The lowest BCUT2D eigenvalue weighted by molar-refractivity contribution is 0.0232. The van der Waals surface area contributed by atoms with Crippen LogP contribution in [0.25, 0.3) is 11.5 Å². The Bertz CT molecular complexity index is 678. The van der Waals surface area contributed by atoms with Crippen molar-refractivity contribution in [1.82, 2.24) is 9.88 Å². The van der Waals surface area contributed by atoms with E-state index >= 15 is 0 Å². The molecule has 0 aliphatic carbocycles. The number of carbonyl (C=O) groups is 1. The molecule has 116 valence electrons. The van der Waals surface area contributed by atoms with Gasteiger partial charge in [-0.1, -0.05) is 11.6 Å². The standard InChI is InChI=1S/C16H17ClN2O3/c1-16(2,3)22-15(20)19-8-12-13(9-19)21-14(18-12)10-4-6-11(17)7-5-10/h4-7H,8-9H2,1-3H3. The highest BCUT2D eigenvalue weighted by Gasteiger charge is 2.31. The van der Waals surface area contributed by atoms with Crippen molar-refractivity contribution in [2.24, 2.45) is 0 Å². The molecule has 0 unspecified atom stereocenters. The first-order chi connectivity index (χ1) is 10.3. The average Bonchev–Trinajstić information content (AvgIpc) is 2.95. The number of amides is 1. The summed E-state index contributed by atoms with van der Waals surface area (Å²) >= 11 is 5.87. The van der Waals surface area contributed by atoms with Gasteiger partial charge in [-0.25, -0.2) is 9.78 Å². The first-order valence-corrected chi connectivity index (χ1v) is 7.42. The van der Waals surface area contributed by atoms with E-state index in [1.165, 1.54) is 0 Å². The maximum atomic E-state index is 12.0. The quantitative estimate of drug-likeness (QED) is 0.788. The molecule has 5 nitrogen and oxygen atoms in total. The number of fused-ring (bicyclic) bond motifs is 1. The fraction of sp³-hybridized carbons (Fsp3) is 0.375. The number of carbonyl (C=O) groups excluding carboxylic acids is 1. The van der Waals surface area contributed by atoms with Crippen LogP contribution in [0, 0.1) is 0 Å². The molecule has 0 spiro atoms. The highest BCUT2D eigenvalue weighted by atomic mass is 35.5. The molecule has 0 radical (unpaired) electrons. The molecule has 0 saturated carbocycles. The maximum absolute atomic E-state index is 12.0. The third kappa shape index (κ3) is 3.09. The molecule has 1 amide bonds. The fourth-order valence-electron chi connectivity index (χ4n) is 2.21. The summed E-state index contributed by atoms with van der Waals surface area (Å²) in [6.45, 7) is 6.31. The minimum Gasteiger partial charge on any atom is -0.444 e. The first-order valence-electron chi connectivity index (χ1n) is 7.04. The third-order valence-corrected chi connectivity index (χ3v) is 3.45. The zero-order valence-electron chi connectivity index (χ0n) is 12.7. The summed E-state index contributed by atoms with van der Waals surface area (Å²) in [6, 6.07) is 7.29. The molecule has 22 heavy (non-hydrogen) atoms. The van der Waals surface area contributed by atoms with Gasteiger partial charge in [0.2, 0.25) is 5.89 Å². The molecule has 0 atom stereocenters. The van der Waals surface area contributed by atoms with Gasteiger partial charge in [-0.2, -0.15) is 0 Å². The van der Waals surface area contributed by atoms with Crippen LogP contribution in [0.3, 0.4) is 0 Å². The van der Waals surface area contributed by atoms with Crippen molar-refractivity contribution in [2.75, 3.05) is 0 Å². The molecule has 0 saturated heterocycles. The van der Waals surface area contributed by atoms with Crippen LogP contribution >= 0.6 is 11.6 Å². The Labute approximate surface area is 133 Å². The van der Waals surface area contributed by atoms with Crippen molar-refractivity contribution in [3.63, 3.8) is 0 Å². The number of oxazole rings is 1. The number of aromatic nitrogens is 1. The van der Waals surface area contributed by atoms with Crippen LogP contribution in [0.15, 0.2) is 28.7 Å². The van der Waals surface area contributed by atoms with Crippen LogP contribution in [0.5, 0.6) is 0 Å².